The van der Waals surface area contributed by atoms with Crippen molar-refractivity contribution < 1.29 is 4.52 Å². The van der Waals surface area contributed by atoms with Gasteiger partial charge in [-0.15, -0.1) is 0 Å². The van der Waals surface area contributed by atoms with Gasteiger partial charge in [0.2, 0.25) is 5.89 Å². The number of aryl methyl sites for hydroxylation is 1. The summed E-state index contributed by atoms with van der Waals surface area (Å²) in [5.41, 5.74) is 2.47. The van der Waals surface area contributed by atoms with Crippen molar-refractivity contribution >= 4 is 10.9 Å². The van der Waals surface area contributed by atoms with E-state index in [9.17, 15) is 0 Å². The zero-order valence-electron chi connectivity index (χ0n) is 12.5. The van der Waals surface area contributed by atoms with Gasteiger partial charge in [-0.05, 0) is 42.6 Å². The maximum Gasteiger partial charge on any atom is 0.246 e. The molecule has 0 spiro atoms. The highest BCUT2D eigenvalue weighted by atomic mass is 16.5. The lowest BCUT2D eigenvalue weighted by Gasteiger charge is -2.03. The van der Waals surface area contributed by atoms with E-state index in [1.807, 2.05) is 7.05 Å². The molecule has 2 aromatic heterocycles. The molecule has 1 N–H and O–H groups in total. The second kappa shape index (κ2) is 6.10. The quantitative estimate of drug-likeness (QED) is 0.756. The molecule has 0 unspecified atom stereocenters. The molecular formula is C16H20N4O. The van der Waals surface area contributed by atoms with Crippen molar-refractivity contribution in [2.75, 3.05) is 7.05 Å². The number of benzene rings is 1. The van der Waals surface area contributed by atoms with Crippen molar-refractivity contribution in [1.29, 1.82) is 0 Å². The zero-order valence-corrected chi connectivity index (χ0v) is 12.5. The Labute approximate surface area is 124 Å². The first-order valence-corrected chi connectivity index (χ1v) is 7.34. The first kappa shape index (κ1) is 13.8. The maximum atomic E-state index is 5.31. The molecule has 110 valence electrons. The topological polar surface area (TPSA) is 55.9 Å². The van der Waals surface area contributed by atoms with E-state index in [1.165, 1.54) is 16.5 Å². The summed E-state index contributed by atoms with van der Waals surface area (Å²) in [4.78, 5) is 4.42. The summed E-state index contributed by atoms with van der Waals surface area (Å²) in [6.07, 6.45) is 3.96. The van der Waals surface area contributed by atoms with Crippen molar-refractivity contribution in [3.05, 3.63) is 47.7 Å². The Kier molecular flexibility index (Phi) is 4.01. The molecule has 1 aromatic carbocycles. The van der Waals surface area contributed by atoms with Crippen molar-refractivity contribution in [2.24, 2.45) is 0 Å². The van der Waals surface area contributed by atoms with E-state index < -0.39 is 0 Å². The van der Waals surface area contributed by atoms with Gasteiger partial charge in [0, 0.05) is 24.7 Å². The van der Waals surface area contributed by atoms with Gasteiger partial charge in [-0.3, -0.25) is 0 Å². The van der Waals surface area contributed by atoms with Crippen LogP contribution in [-0.4, -0.2) is 21.8 Å². The highest BCUT2D eigenvalue weighted by Crippen LogP contribution is 2.19. The van der Waals surface area contributed by atoms with E-state index in [4.69, 9.17) is 4.52 Å². The normalized spacial score (nSPS) is 11.3. The summed E-state index contributed by atoms with van der Waals surface area (Å²) in [6, 6.07) is 8.62. The number of nitrogens with one attached hydrogen (secondary N) is 1. The Morgan fingerprint density at radius 3 is 3.00 bits per heavy atom. The summed E-state index contributed by atoms with van der Waals surface area (Å²) in [7, 11) is 1.96. The second-order valence-corrected chi connectivity index (χ2v) is 5.22. The van der Waals surface area contributed by atoms with Crippen LogP contribution in [-0.2, 0) is 19.5 Å². The molecule has 21 heavy (non-hydrogen) atoms. The van der Waals surface area contributed by atoms with E-state index in [1.54, 1.807) is 0 Å². The average molecular weight is 284 g/mol. The van der Waals surface area contributed by atoms with E-state index in [0.717, 1.165) is 25.2 Å². The van der Waals surface area contributed by atoms with Gasteiger partial charge in [-0.25, -0.2) is 0 Å². The second-order valence-electron chi connectivity index (χ2n) is 5.22. The fraction of sp³-hybridized carbons (Fsp3) is 0.375. The lowest BCUT2D eigenvalue weighted by molar-refractivity contribution is 0.367. The summed E-state index contributed by atoms with van der Waals surface area (Å²) in [5, 5.41) is 8.40. The minimum atomic E-state index is 0.617. The first-order chi connectivity index (χ1) is 10.3. The van der Waals surface area contributed by atoms with Gasteiger partial charge >= 0.3 is 0 Å². The van der Waals surface area contributed by atoms with Crippen molar-refractivity contribution in [3.8, 4) is 0 Å². The summed E-state index contributed by atoms with van der Waals surface area (Å²) in [5.74, 6) is 1.45. The van der Waals surface area contributed by atoms with Gasteiger partial charge < -0.3 is 14.4 Å². The lowest BCUT2D eigenvalue weighted by Crippen LogP contribution is -2.04. The molecule has 0 atom stereocenters. The van der Waals surface area contributed by atoms with Crippen LogP contribution in [0.4, 0.5) is 0 Å². The van der Waals surface area contributed by atoms with Crippen LogP contribution in [0.3, 0.4) is 0 Å². The molecule has 2 heterocycles. The van der Waals surface area contributed by atoms with E-state index in [2.05, 4.69) is 57.4 Å². The highest BCUT2D eigenvalue weighted by Gasteiger charge is 2.08. The van der Waals surface area contributed by atoms with Crippen molar-refractivity contribution in [2.45, 2.75) is 32.9 Å². The zero-order chi connectivity index (χ0) is 14.7. The van der Waals surface area contributed by atoms with Crippen LogP contribution in [0.15, 0.2) is 35.0 Å². The first-order valence-electron chi connectivity index (χ1n) is 7.34. The SMILES string of the molecule is CCCc1noc(Cn2ccc3cc(CNC)ccc32)n1. The van der Waals surface area contributed by atoms with Gasteiger partial charge in [0.1, 0.15) is 6.54 Å². The molecule has 0 aliphatic carbocycles. The fourth-order valence-corrected chi connectivity index (χ4v) is 2.53. The van der Waals surface area contributed by atoms with E-state index >= 15 is 0 Å². The lowest BCUT2D eigenvalue weighted by atomic mass is 10.1. The molecule has 0 aliphatic heterocycles. The highest BCUT2D eigenvalue weighted by molar-refractivity contribution is 5.80. The predicted octanol–water partition coefficient (Wildman–Crippen LogP) is 2.74. The Morgan fingerprint density at radius 2 is 2.19 bits per heavy atom. The van der Waals surface area contributed by atoms with Crippen LogP contribution in [0, 0.1) is 0 Å². The minimum Gasteiger partial charge on any atom is -0.338 e. The van der Waals surface area contributed by atoms with Crippen LogP contribution in [0.2, 0.25) is 0 Å². The molecule has 0 saturated heterocycles. The number of aromatic nitrogens is 3. The third-order valence-electron chi connectivity index (χ3n) is 3.51. The largest absolute Gasteiger partial charge is 0.338 e. The van der Waals surface area contributed by atoms with Crippen LogP contribution < -0.4 is 5.32 Å². The van der Waals surface area contributed by atoms with Gasteiger partial charge in [-0.1, -0.05) is 18.1 Å². The van der Waals surface area contributed by atoms with E-state index in [0.29, 0.717) is 12.4 Å². The molecule has 0 saturated carbocycles. The smallest absolute Gasteiger partial charge is 0.246 e. The standard InChI is InChI=1S/C16H20N4O/c1-3-4-15-18-16(21-19-15)11-20-8-7-13-9-12(10-17-2)5-6-14(13)20/h5-9,17H,3-4,10-11H2,1-2H3. The minimum absolute atomic E-state index is 0.617. The molecule has 0 fully saturated rings. The van der Waals surface area contributed by atoms with Gasteiger partial charge in [-0.2, -0.15) is 4.98 Å². The van der Waals surface area contributed by atoms with Crippen LogP contribution in [0.5, 0.6) is 0 Å². The van der Waals surface area contributed by atoms with Crippen LogP contribution in [0.1, 0.15) is 30.6 Å². The Hall–Kier alpha value is -2.14. The molecule has 3 aromatic rings. The van der Waals surface area contributed by atoms with Crippen molar-refractivity contribution in [3.63, 3.8) is 0 Å². The molecule has 5 heteroatoms. The third kappa shape index (κ3) is 2.97. The molecule has 0 radical (unpaired) electrons. The Balaban J connectivity index is 1.83. The monoisotopic (exact) mass is 284 g/mol. The average Bonchev–Trinajstić information content (AvgIpc) is 3.08. The molecule has 0 aliphatic rings. The molecule has 0 bridgehead atoms. The van der Waals surface area contributed by atoms with Gasteiger partial charge in [0.05, 0.1) is 0 Å². The molecular weight excluding hydrogens is 264 g/mol. The predicted molar refractivity (Wildman–Crippen MR) is 82.1 cm³/mol. The van der Waals surface area contributed by atoms with Gasteiger partial charge in [0.15, 0.2) is 5.82 Å². The number of fused-ring (bicyclic) bond motifs is 1. The van der Waals surface area contributed by atoms with Crippen molar-refractivity contribution in [1.82, 2.24) is 20.0 Å². The molecule has 3 rings (SSSR count). The summed E-state index contributed by atoms with van der Waals surface area (Å²) in [6.45, 7) is 3.61. The fourth-order valence-electron chi connectivity index (χ4n) is 2.53. The molecule has 5 nitrogen and oxygen atoms in total. The number of hydrogen-bond acceptors (Lipinski definition) is 4. The number of hydrogen-bond donors (Lipinski definition) is 1. The Bertz CT molecular complexity index is 729. The number of nitrogens with zero attached hydrogens (tertiary/aromatic N) is 3. The van der Waals surface area contributed by atoms with Crippen LogP contribution in [0.25, 0.3) is 10.9 Å². The Morgan fingerprint density at radius 1 is 1.29 bits per heavy atom. The van der Waals surface area contributed by atoms with Gasteiger partial charge in [0.25, 0.3) is 0 Å². The maximum absolute atomic E-state index is 5.31. The van der Waals surface area contributed by atoms with Crippen LogP contribution >= 0.6 is 0 Å². The number of rotatable bonds is 6. The third-order valence-corrected chi connectivity index (χ3v) is 3.51. The van der Waals surface area contributed by atoms with E-state index in [-0.39, 0.29) is 0 Å². The summed E-state index contributed by atoms with van der Waals surface area (Å²) >= 11 is 0. The summed E-state index contributed by atoms with van der Waals surface area (Å²) < 4.78 is 7.45. The molecule has 0 amide bonds.